The van der Waals surface area contributed by atoms with E-state index in [4.69, 9.17) is 4.98 Å². The van der Waals surface area contributed by atoms with Gasteiger partial charge >= 0.3 is 0 Å². The number of aromatic nitrogens is 1. The lowest BCUT2D eigenvalue weighted by molar-refractivity contribution is -0.120. The van der Waals surface area contributed by atoms with Gasteiger partial charge < -0.3 is 10.2 Å². The summed E-state index contributed by atoms with van der Waals surface area (Å²) in [5.74, 6) is -0.833. The van der Waals surface area contributed by atoms with Gasteiger partial charge in [0.1, 0.15) is 0 Å². The van der Waals surface area contributed by atoms with E-state index in [1.165, 1.54) is 17.6 Å². The molecule has 0 radical (unpaired) electrons. The Bertz CT molecular complexity index is 1210. The molecule has 35 heavy (non-hydrogen) atoms. The second-order valence-electron chi connectivity index (χ2n) is 9.78. The van der Waals surface area contributed by atoms with E-state index in [-0.39, 0.29) is 18.4 Å². The van der Waals surface area contributed by atoms with Crippen LogP contribution in [0.3, 0.4) is 0 Å². The Morgan fingerprint density at radius 2 is 1.83 bits per heavy atom. The van der Waals surface area contributed by atoms with E-state index in [9.17, 15) is 9.59 Å². The molecule has 0 bridgehead atoms. The molecule has 2 aliphatic rings. The first-order chi connectivity index (χ1) is 16.8. The summed E-state index contributed by atoms with van der Waals surface area (Å²) in [7, 11) is 4.10. The van der Waals surface area contributed by atoms with E-state index in [2.05, 4.69) is 45.6 Å². The van der Waals surface area contributed by atoms with E-state index in [1.807, 2.05) is 46.2 Å². The number of allylic oxidation sites excluding steroid dienone is 3. The molecule has 0 spiro atoms. The van der Waals surface area contributed by atoms with Crippen molar-refractivity contribution in [1.29, 1.82) is 0 Å². The first-order valence-corrected chi connectivity index (χ1v) is 12.3. The van der Waals surface area contributed by atoms with Crippen LogP contribution in [0.25, 0.3) is 16.8 Å². The summed E-state index contributed by atoms with van der Waals surface area (Å²) in [6.07, 6.45) is 8.47. The number of carbonyl (C=O) groups is 2. The molecule has 2 amide bonds. The van der Waals surface area contributed by atoms with Crippen molar-refractivity contribution in [3.05, 3.63) is 70.9 Å². The lowest BCUT2D eigenvalue weighted by Crippen LogP contribution is -2.34. The number of hydrogen-bond acceptors (Lipinski definition) is 4. The van der Waals surface area contributed by atoms with Gasteiger partial charge in [0.25, 0.3) is 11.8 Å². The van der Waals surface area contributed by atoms with Crippen molar-refractivity contribution >= 4 is 23.1 Å². The molecule has 2 heterocycles. The Kier molecular flexibility index (Phi) is 7.71. The highest BCUT2D eigenvalue weighted by atomic mass is 16.2. The largest absolute Gasteiger partial charge is 0.351 e. The van der Waals surface area contributed by atoms with Crippen molar-refractivity contribution in [2.75, 3.05) is 20.6 Å². The third-order valence-electron chi connectivity index (χ3n) is 6.49. The van der Waals surface area contributed by atoms with Gasteiger partial charge in [-0.2, -0.15) is 0 Å². The van der Waals surface area contributed by atoms with E-state index in [0.717, 1.165) is 48.3 Å². The van der Waals surface area contributed by atoms with E-state index < -0.39 is 5.92 Å². The predicted octanol–water partition coefficient (Wildman–Crippen LogP) is 5.06. The predicted molar refractivity (Wildman–Crippen MR) is 141 cm³/mol. The van der Waals surface area contributed by atoms with Crippen LogP contribution in [-0.2, 0) is 11.3 Å². The average molecular weight is 471 g/mol. The van der Waals surface area contributed by atoms with Crippen molar-refractivity contribution in [3.8, 4) is 11.3 Å². The molecule has 1 unspecified atom stereocenters. The van der Waals surface area contributed by atoms with Crippen LogP contribution in [-0.4, -0.2) is 48.1 Å². The highest BCUT2D eigenvalue weighted by molar-refractivity contribution is 6.06. The minimum absolute atomic E-state index is 0.205. The maximum absolute atomic E-state index is 13.2. The van der Waals surface area contributed by atoms with Gasteiger partial charge in [0.05, 0.1) is 17.3 Å². The number of pyridine rings is 1. The number of nitrogens with zero attached hydrogens (tertiary/aromatic N) is 3. The Morgan fingerprint density at radius 3 is 2.49 bits per heavy atom. The molecule has 1 aliphatic carbocycles. The topological polar surface area (TPSA) is 74.7 Å². The zero-order valence-corrected chi connectivity index (χ0v) is 21.1. The number of nitrogens with one attached hydrogen (secondary N) is 1. The maximum atomic E-state index is 13.2. The molecule has 1 aliphatic heterocycles. The number of dihydropyridines is 1. The Balaban J connectivity index is 1.60. The quantitative estimate of drug-likeness (QED) is 0.614. The molecule has 6 nitrogen and oxygen atoms in total. The summed E-state index contributed by atoms with van der Waals surface area (Å²) in [5.41, 5.74) is 7.21. The van der Waals surface area contributed by atoms with Crippen LogP contribution in [0.15, 0.2) is 59.1 Å². The van der Waals surface area contributed by atoms with E-state index in [1.54, 1.807) is 0 Å². The molecule has 1 aromatic carbocycles. The highest BCUT2D eigenvalue weighted by Crippen LogP contribution is 2.29. The normalized spacial score (nSPS) is 18.1. The van der Waals surface area contributed by atoms with Gasteiger partial charge in [0.2, 0.25) is 0 Å². The minimum Gasteiger partial charge on any atom is -0.351 e. The van der Waals surface area contributed by atoms with Gasteiger partial charge in [0, 0.05) is 29.9 Å². The summed E-state index contributed by atoms with van der Waals surface area (Å²) in [4.78, 5) is 36.7. The van der Waals surface area contributed by atoms with Crippen LogP contribution in [0.2, 0.25) is 0 Å². The van der Waals surface area contributed by atoms with Crippen LogP contribution >= 0.6 is 0 Å². The van der Waals surface area contributed by atoms with Gasteiger partial charge in [-0.05, 0) is 83.0 Å². The third-order valence-corrected chi connectivity index (χ3v) is 6.49. The van der Waals surface area contributed by atoms with Gasteiger partial charge in [-0.1, -0.05) is 35.9 Å². The number of rotatable bonds is 7. The van der Waals surface area contributed by atoms with Crippen molar-refractivity contribution < 1.29 is 9.59 Å². The lowest BCUT2D eigenvalue weighted by atomic mass is 9.94. The van der Waals surface area contributed by atoms with E-state index in [0.29, 0.717) is 11.3 Å². The van der Waals surface area contributed by atoms with Gasteiger partial charge in [-0.3, -0.25) is 9.59 Å². The zero-order valence-electron chi connectivity index (χ0n) is 21.1. The molecular weight excluding hydrogens is 436 g/mol. The van der Waals surface area contributed by atoms with Crippen molar-refractivity contribution in [1.82, 2.24) is 15.2 Å². The van der Waals surface area contributed by atoms with Gasteiger partial charge in [0.15, 0.2) is 0 Å². The lowest BCUT2D eigenvalue weighted by Gasteiger charge is -2.19. The number of hydrogen-bond donors (Lipinski definition) is 1. The van der Waals surface area contributed by atoms with Crippen LogP contribution in [0.5, 0.6) is 0 Å². The second-order valence-corrected chi connectivity index (χ2v) is 9.78. The third kappa shape index (κ3) is 6.20. The molecule has 0 saturated heterocycles. The molecule has 0 fully saturated rings. The molecule has 1 atom stereocenters. The monoisotopic (exact) mass is 470 g/mol. The van der Waals surface area contributed by atoms with Crippen LogP contribution < -0.4 is 5.32 Å². The summed E-state index contributed by atoms with van der Waals surface area (Å²) >= 11 is 0. The van der Waals surface area contributed by atoms with Gasteiger partial charge in [-0.15, -0.1) is 0 Å². The molecule has 4 rings (SSSR count). The molecule has 0 saturated carbocycles. The minimum atomic E-state index is -0.422. The molecular formula is C29H34N4O2. The molecule has 6 heteroatoms. The molecule has 1 N–H and O–H groups in total. The molecule has 182 valence electrons. The summed E-state index contributed by atoms with van der Waals surface area (Å²) in [6, 6.07) is 12.1. The van der Waals surface area contributed by atoms with E-state index >= 15 is 0 Å². The number of carbonyl (C=O) groups excluding carboxylic acids is 2. The number of amides is 2. The van der Waals surface area contributed by atoms with Crippen molar-refractivity contribution in [2.45, 2.75) is 46.1 Å². The Hall–Kier alpha value is -3.38. The maximum Gasteiger partial charge on any atom is 0.254 e. The molecule has 2 aromatic rings. The van der Waals surface area contributed by atoms with Crippen LogP contribution in [0, 0.1) is 5.92 Å². The van der Waals surface area contributed by atoms with Crippen molar-refractivity contribution in [3.63, 3.8) is 0 Å². The fraction of sp³-hybridized carbons (Fsp3) is 0.379. The first kappa shape index (κ1) is 24.7. The van der Waals surface area contributed by atoms with Crippen molar-refractivity contribution in [2.24, 2.45) is 10.9 Å². The summed E-state index contributed by atoms with van der Waals surface area (Å²) in [6.45, 7) is 4.81. The summed E-state index contributed by atoms with van der Waals surface area (Å²) in [5, 5.41) is 2.96. The first-order valence-electron chi connectivity index (χ1n) is 12.3. The second kappa shape index (κ2) is 10.9. The zero-order chi connectivity index (χ0) is 24.9. The van der Waals surface area contributed by atoms with Crippen LogP contribution in [0.1, 0.15) is 61.1 Å². The van der Waals surface area contributed by atoms with Crippen LogP contribution in [0.4, 0.5) is 0 Å². The number of benzene rings is 1. The standard InChI is InChI=1S/C29H34N4O2/c1-19-14-20(2)31-29(35)25(19)17-30-28(34)24-15-26(22-8-6-5-7-9-22)32-27(16-24)23-12-10-21(11-13-23)18-33(3)4/h8,10-16,25H,5-7,9,17-18H2,1-4H3,(H,30,34). The molecule has 1 aromatic heterocycles. The Labute approximate surface area is 207 Å². The fourth-order valence-electron chi connectivity index (χ4n) is 4.64. The van der Waals surface area contributed by atoms with Gasteiger partial charge in [-0.25, -0.2) is 9.98 Å². The average Bonchev–Trinajstić information content (AvgIpc) is 2.83. The smallest absolute Gasteiger partial charge is 0.254 e. The number of aliphatic imine (C=N–C) groups is 1. The Morgan fingerprint density at radius 1 is 1.09 bits per heavy atom. The SMILES string of the molecule is CC1=CC(C)=NC(=O)C1CNC(=O)c1cc(C2=CCCCC2)nc(-c2ccc(CN(C)C)cc2)c1. The fourth-order valence-corrected chi connectivity index (χ4v) is 4.64. The highest BCUT2D eigenvalue weighted by Gasteiger charge is 2.24. The summed E-state index contributed by atoms with van der Waals surface area (Å²) < 4.78 is 0.